The first-order valence-corrected chi connectivity index (χ1v) is 9.18. The number of fused-ring (bicyclic) bond motifs is 1. The highest BCUT2D eigenvalue weighted by atomic mass is 19.4. The summed E-state index contributed by atoms with van der Waals surface area (Å²) in [7, 11) is 1.68. The van der Waals surface area contributed by atoms with Crippen LogP contribution in [0.3, 0.4) is 0 Å². The van der Waals surface area contributed by atoms with Gasteiger partial charge in [0, 0.05) is 49.3 Å². The van der Waals surface area contributed by atoms with E-state index in [4.69, 9.17) is 0 Å². The summed E-state index contributed by atoms with van der Waals surface area (Å²) in [5.74, 6) is 0.631. The smallest absolute Gasteiger partial charge is 0.358 e. The van der Waals surface area contributed by atoms with Crippen molar-refractivity contribution < 1.29 is 13.2 Å². The van der Waals surface area contributed by atoms with E-state index in [-0.39, 0.29) is 6.04 Å². The molecule has 148 valence electrons. The number of likely N-dealkylation sites (tertiary alicyclic amines) is 1. The second kappa shape index (κ2) is 8.21. The fraction of sp³-hybridized carbons (Fsp3) is 0.526. The van der Waals surface area contributed by atoms with E-state index in [1.54, 1.807) is 7.05 Å². The van der Waals surface area contributed by atoms with Crippen LogP contribution in [0.4, 0.5) is 13.2 Å². The van der Waals surface area contributed by atoms with Crippen molar-refractivity contribution >= 4 is 16.9 Å². The van der Waals surface area contributed by atoms with Crippen LogP contribution in [-0.2, 0) is 6.42 Å². The van der Waals surface area contributed by atoms with Gasteiger partial charge in [0.05, 0.1) is 6.54 Å². The highest BCUT2D eigenvalue weighted by Gasteiger charge is 2.34. The summed E-state index contributed by atoms with van der Waals surface area (Å²) in [5.41, 5.74) is 3.55. The molecule has 0 bridgehead atoms. The largest absolute Gasteiger partial charge is 0.401 e. The number of hydrogen-bond donors (Lipinski definition) is 3. The molecule has 0 radical (unpaired) electrons. The predicted octanol–water partition coefficient (Wildman–Crippen LogP) is 2.82. The van der Waals surface area contributed by atoms with Crippen molar-refractivity contribution in [2.45, 2.75) is 32.0 Å². The van der Waals surface area contributed by atoms with Crippen molar-refractivity contribution in [1.82, 2.24) is 20.5 Å². The molecule has 0 spiro atoms. The van der Waals surface area contributed by atoms with Gasteiger partial charge < -0.3 is 15.6 Å². The summed E-state index contributed by atoms with van der Waals surface area (Å²) in [6.45, 7) is 2.74. The Labute approximate surface area is 157 Å². The molecule has 2 aromatic rings. The van der Waals surface area contributed by atoms with Crippen molar-refractivity contribution in [3.63, 3.8) is 0 Å². The maximum Gasteiger partial charge on any atom is 0.401 e. The number of nitrogens with zero attached hydrogens (tertiary/aromatic N) is 2. The second-order valence-corrected chi connectivity index (χ2v) is 7.00. The van der Waals surface area contributed by atoms with Gasteiger partial charge in [0.25, 0.3) is 0 Å². The van der Waals surface area contributed by atoms with Gasteiger partial charge in [0.15, 0.2) is 5.96 Å². The van der Waals surface area contributed by atoms with E-state index in [0.29, 0.717) is 32.0 Å². The third-order valence-electron chi connectivity index (χ3n) is 4.93. The van der Waals surface area contributed by atoms with Gasteiger partial charge >= 0.3 is 6.18 Å². The van der Waals surface area contributed by atoms with Crippen LogP contribution >= 0.6 is 0 Å². The zero-order chi connectivity index (χ0) is 19.4. The summed E-state index contributed by atoms with van der Waals surface area (Å²) < 4.78 is 37.5. The van der Waals surface area contributed by atoms with Crippen LogP contribution in [-0.4, -0.2) is 61.3 Å². The van der Waals surface area contributed by atoms with Crippen LogP contribution in [0.15, 0.2) is 29.3 Å². The minimum absolute atomic E-state index is 0.0200. The Morgan fingerprint density at radius 3 is 2.85 bits per heavy atom. The molecule has 1 aliphatic rings. The van der Waals surface area contributed by atoms with E-state index in [9.17, 15) is 13.2 Å². The normalized spacial score (nSPS) is 19.0. The standard InChI is InChI=1S/C19H26F3N5/c1-13-15(16-5-3-4-6-17(16)25-13)7-9-24-18(23-2)26-14-8-10-27(11-14)12-19(20,21)22/h3-6,14,25H,7-12H2,1-2H3,(H2,23,24,26). The maximum absolute atomic E-state index is 12.5. The number of H-pyrrole nitrogens is 1. The number of aryl methyl sites for hydroxylation is 1. The first-order valence-electron chi connectivity index (χ1n) is 9.18. The van der Waals surface area contributed by atoms with Crippen LogP contribution < -0.4 is 10.6 Å². The molecule has 1 unspecified atom stereocenters. The number of aromatic nitrogens is 1. The quantitative estimate of drug-likeness (QED) is 0.552. The van der Waals surface area contributed by atoms with Gasteiger partial charge in [-0.15, -0.1) is 0 Å². The number of aromatic amines is 1. The number of rotatable bonds is 5. The number of benzene rings is 1. The molecule has 5 nitrogen and oxygen atoms in total. The zero-order valence-corrected chi connectivity index (χ0v) is 15.7. The number of alkyl halides is 3. The lowest BCUT2D eigenvalue weighted by Crippen LogP contribution is -2.45. The van der Waals surface area contributed by atoms with Crippen LogP contribution in [0.5, 0.6) is 0 Å². The van der Waals surface area contributed by atoms with E-state index in [0.717, 1.165) is 17.6 Å². The van der Waals surface area contributed by atoms with Gasteiger partial charge in [-0.25, -0.2) is 0 Å². The molecule has 8 heteroatoms. The van der Waals surface area contributed by atoms with E-state index in [2.05, 4.69) is 39.7 Å². The highest BCUT2D eigenvalue weighted by molar-refractivity contribution is 5.84. The maximum atomic E-state index is 12.5. The lowest BCUT2D eigenvalue weighted by atomic mass is 10.1. The first kappa shape index (κ1) is 19.5. The first-order chi connectivity index (χ1) is 12.9. The van der Waals surface area contributed by atoms with Crippen LogP contribution in [0.2, 0.25) is 0 Å². The number of nitrogens with one attached hydrogen (secondary N) is 3. The Morgan fingerprint density at radius 2 is 2.11 bits per heavy atom. The molecular formula is C19H26F3N5. The summed E-state index contributed by atoms with van der Waals surface area (Å²) in [4.78, 5) is 9.02. The van der Waals surface area contributed by atoms with E-state index < -0.39 is 12.7 Å². The molecule has 3 rings (SSSR count). The Balaban J connectivity index is 1.49. The zero-order valence-electron chi connectivity index (χ0n) is 15.7. The fourth-order valence-electron chi connectivity index (χ4n) is 3.70. The van der Waals surface area contributed by atoms with Gasteiger partial charge in [0.1, 0.15) is 0 Å². The molecular weight excluding hydrogens is 355 g/mol. The van der Waals surface area contributed by atoms with Crippen molar-refractivity contribution in [2.24, 2.45) is 4.99 Å². The van der Waals surface area contributed by atoms with Crippen molar-refractivity contribution in [3.05, 3.63) is 35.5 Å². The predicted molar refractivity (Wildman–Crippen MR) is 102 cm³/mol. The number of hydrogen-bond acceptors (Lipinski definition) is 2. The average molecular weight is 381 g/mol. The molecule has 0 amide bonds. The molecule has 27 heavy (non-hydrogen) atoms. The Morgan fingerprint density at radius 1 is 1.33 bits per heavy atom. The van der Waals surface area contributed by atoms with Crippen molar-refractivity contribution in [1.29, 1.82) is 0 Å². The van der Waals surface area contributed by atoms with Crippen molar-refractivity contribution in [3.8, 4) is 0 Å². The van der Waals surface area contributed by atoms with E-state index in [1.807, 2.05) is 12.1 Å². The summed E-state index contributed by atoms with van der Waals surface area (Å²) >= 11 is 0. The summed E-state index contributed by atoms with van der Waals surface area (Å²) in [6.07, 6.45) is -2.63. The van der Waals surface area contributed by atoms with Crippen molar-refractivity contribution in [2.75, 3.05) is 33.2 Å². The summed E-state index contributed by atoms with van der Waals surface area (Å²) in [6, 6.07) is 8.19. The minimum Gasteiger partial charge on any atom is -0.358 e. The van der Waals surface area contributed by atoms with Gasteiger partial charge in [-0.1, -0.05) is 18.2 Å². The summed E-state index contributed by atoms with van der Waals surface area (Å²) in [5, 5.41) is 7.73. The number of halogens is 3. The second-order valence-electron chi connectivity index (χ2n) is 7.00. The van der Waals surface area contributed by atoms with Crippen LogP contribution in [0.25, 0.3) is 10.9 Å². The molecule has 2 heterocycles. The average Bonchev–Trinajstić information content (AvgIpc) is 3.16. The van der Waals surface area contributed by atoms with Crippen LogP contribution in [0, 0.1) is 6.92 Å². The van der Waals surface area contributed by atoms with Gasteiger partial charge in [0.2, 0.25) is 0 Å². The lowest BCUT2D eigenvalue weighted by Gasteiger charge is -2.19. The number of aliphatic imine (C=N–C) groups is 1. The highest BCUT2D eigenvalue weighted by Crippen LogP contribution is 2.22. The molecule has 1 aromatic carbocycles. The topological polar surface area (TPSA) is 55.5 Å². The Bertz CT molecular complexity index is 796. The number of guanidine groups is 1. The van der Waals surface area contributed by atoms with Gasteiger partial charge in [-0.05, 0) is 31.4 Å². The molecule has 1 saturated heterocycles. The van der Waals surface area contributed by atoms with E-state index >= 15 is 0 Å². The monoisotopic (exact) mass is 381 g/mol. The lowest BCUT2D eigenvalue weighted by molar-refractivity contribution is -0.143. The molecule has 1 aliphatic heterocycles. The molecule has 3 N–H and O–H groups in total. The Hall–Kier alpha value is -2.22. The SMILES string of the molecule is CN=C(NCCc1c(C)[nH]c2ccccc12)NC1CCN(CC(F)(F)F)C1. The Kier molecular flexibility index (Phi) is 5.94. The molecule has 1 fully saturated rings. The molecule has 1 atom stereocenters. The van der Waals surface area contributed by atoms with Gasteiger partial charge in [-0.2, -0.15) is 13.2 Å². The third-order valence-corrected chi connectivity index (χ3v) is 4.93. The van der Waals surface area contributed by atoms with Gasteiger partial charge in [-0.3, -0.25) is 9.89 Å². The molecule has 0 saturated carbocycles. The third kappa shape index (κ3) is 5.15. The van der Waals surface area contributed by atoms with Crippen LogP contribution in [0.1, 0.15) is 17.7 Å². The molecule has 1 aromatic heterocycles. The minimum atomic E-state index is -4.15. The molecule has 0 aliphatic carbocycles. The van der Waals surface area contributed by atoms with E-state index in [1.165, 1.54) is 15.8 Å². The number of para-hydroxylation sites is 1. The fourth-order valence-corrected chi connectivity index (χ4v) is 3.70.